The molecule has 1 heterocycles. The fourth-order valence-electron chi connectivity index (χ4n) is 1.88. The lowest BCUT2D eigenvalue weighted by molar-refractivity contribution is 0.330. The van der Waals surface area contributed by atoms with Gasteiger partial charge in [-0.05, 0) is 52.8 Å². The van der Waals surface area contributed by atoms with E-state index in [1.54, 1.807) is 0 Å². The van der Waals surface area contributed by atoms with E-state index in [1.807, 2.05) is 36.5 Å². The zero-order chi connectivity index (χ0) is 13.7. The summed E-state index contributed by atoms with van der Waals surface area (Å²) in [6.45, 7) is 1.72. The normalized spacial score (nSPS) is 10.9. The Balaban J connectivity index is 1.87. The summed E-state index contributed by atoms with van der Waals surface area (Å²) in [5, 5.41) is 0. The maximum atomic E-state index is 13.1. The first-order chi connectivity index (χ1) is 9.15. The third kappa shape index (κ3) is 4.40. The monoisotopic (exact) mass is 322 g/mol. The predicted molar refractivity (Wildman–Crippen MR) is 78.4 cm³/mol. The average molecular weight is 323 g/mol. The third-order valence-corrected chi connectivity index (χ3v) is 3.52. The third-order valence-electron chi connectivity index (χ3n) is 2.91. The Kier molecular flexibility index (Phi) is 5.05. The average Bonchev–Trinajstić information content (AvgIpc) is 2.42. The summed E-state index contributed by atoms with van der Waals surface area (Å²) in [6, 6.07) is 11.1. The van der Waals surface area contributed by atoms with Crippen LogP contribution in [0, 0.1) is 5.82 Å². The van der Waals surface area contributed by atoms with Gasteiger partial charge in [-0.15, -0.1) is 0 Å². The highest BCUT2D eigenvalue weighted by Crippen LogP contribution is 2.17. The number of benzene rings is 1. The summed E-state index contributed by atoms with van der Waals surface area (Å²) < 4.78 is 13.7. The first-order valence-corrected chi connectivity index (χ1v) is 6.97. The summed E-state index contributed by atoms with van der Waals surface area (Å²) in [5.41, 5.74) is 2.19. The second-order valence-corrected chi connectivity index (χ2v) is 5.41. The predicted octanol–water partition coefficient (Wildman–Crippen LogP) is 3.66. The molecule has 2 nitrogen and oxygen atoms in total. The van der Waals surface area contributed by atoms with Crippen molar-refractivity contribution in [1.82, 2.24) is 9.88 Å². The van der Waals surface area contributed by atoms with Gasteiger partial charge >= 0.3 is 0 Å². The van der Waals surface area contributed by atoms with Gasteiger partial charge in [-0.2, -0.15) is 0 Å². The van der Waals surface area contributed by atoms with E-state index < -0.39 is 0 Å². The molecular weight excluding hydrogens is 307 g/mol. The highest BCUT2D eigenvalue weighted by molar-refractivity contribution is 9.10. The van der Waals surface area contributed by atoms with E-state index in [4.69, 9.17) is 0 Å². The molecule has 1 aromatic carbocycles. The number of nitrogens with zero attached hydrogens (tertiary/aromatic N) is 2. The van der Waals surface area contributed by atoms with Gasteiger partial charge in [0.15, 0.2) is 0 Å². The van der Waals surface area contributed by atoms with Crippen LogP contribution in [0.4, 0.5) is 4.39 Å². The van der Waals surface area contributed by atoms with Gasteiger partial charge in [0.25, 0.3) is 0 Å². The summed E-state index contributed by atoms with van der Waals surface area (Å²) in [6.07, 6.45) is 2.73. The molecule has 0 aliphatic heterocycles. The van der Waals surface area contributed by atoms with Crippen molar-refractivity contribution in [2.45, 2.75) is 13.0 Å². The summed E-state index contributed by atoms with van der Waals surface area (Å²) in [7, 11) is 2.06. The Morgan fingerprint density at radius 2 is 2.11 bits per heavy atom. The Bertz CT molecular complexity index is 531. The van der Waals surface area contributed by atoms with E-state index in [9.17, 15) is 4.39 Å². The summed E-state index contributed by atoms with van der Waals surface area (Å²) in [5.74, 6) is -0.222. The number of hydrogen-bond acceptors (Lipinski definition) is 2. The van der Waals surface area contributed by atoms with Gasteiger partial charge in [0.2, 0.25) is 0 Å². The molecule has 19 heavy (non-hydrogen) atoms. The van der Waals surface area contributed by atoms with E-state index in [1.165, 1.54) is 6.07 Å². The second-order valence-electron chi connectivity index (χ2n) is 4.56. The van der Waals surface area contributed by atoms with Crippen LogP contribution < -0.4 is 0 Å². The molecule has 0 aliphatic rings. The van der Waals surface area contributed by atoms with Gasteiger partial charge in [0.1, 0.15) is 5.82 Å². The maximum absolute atomic E-state index is 13.1. The van der Waals surface area contributed by atoms with Crippen molar-refractivity contribution in [3.8, 4) is 0 Å². The van der Waals surface area contributed by atoms with Crippen molar-refractivity contribution in [1.29, 1.82) is 0 Å². The second kappa shape index (κ2) is 6.78. The lowest BCUT2D eigenvalue weighted by Gasteiger charge is -2.16. The molecule has 2 aromatic rings. The maximum Gasteiger partial charge on any atom is 0.137 e. The minimum absolute atomic E-state index is 0.222. The van der Waals surface area contributed by atoms with Gasteiger partial charge in [-0.25, -0.2) is 4.39 Å². The van der Waals surface area contributed by atoms with Crippen LogP contribution in [0.25, 0.3) is 0 Å². The molecule has 0 unspecified atom stereocenters. The zero-order valence-corrected chi connectivity index (χ0v) is 12.4. The van der Waals surface area contributed by atoms with Crippen molar-refractivity contribution < 1.29 is 4.39 Å². The van der Waals surface area contributed by atoms with Gasteiger partial charge in [-0.1, -0.05) is 12.1 Å². The molecule has 0 radical (unpaired) electrons. The van der Waals surface area contributed by atoms with Gasteiger partial charge < -0.3 is 4.90 Å². The summed E-state index contributed by atoms with van der Waals surface area (Å²) in [4.78, 5) is 6.50. The molecular formula is C15H16BrFN2. The molecule has 0 spiro atoms. The molecule has 0 saturated carbocycles. The Labute approximate surface area is 121 Å². The van der Waals surface area contributed by atoms with Crippen molar-refractivity contribution >= 4 is 15.9 Å². The molecule has 0 bridgehead atoms. The number of rotatable bonds is 5. The highest BCUT2D eigenvalue weighted by atomic mass is 79.9. The standard InChI is InChI=1S/C15H16BrFN2/c1-19(9-7-13-4-2-3-8-18-13)11-12-5-6-15(17)14(16)10-12/h2-6,8,10H,7,9,11H2,1H3. The first kappa shape index (κ1) is 14.2. The number of halogens is 2. The van der Waals surface area contributed by atoms with Crippen LogP contribution in [-0.4, -0.2) is 23.5 Å². The molecule has 0 aliphatic carbocycles. The van der Waals surface area contributed by atoms with Gasteiger partial charge in [-0.3, -0.25) is 4.98 Å². The molecule has 100 valence electrons. The smallest absolute Gasteiger partial charge is 0.137 e. The van der Waals surface area contributed by atoms with E-state index in [0.717, 1.165) is 30.8 Å². The number of aromatic nitrogens is 1. The number of likely N-dealkylation sites (N-methyl/N-ethyl adjacent to an activating group) is 1. The molecule has 0 saturated heterocycles. The molecule has 1 aromatic heterocycles. The number of hydrogen-bond donors (Lipinski definition) is 0. The topological polar surface area (TPSA) is 16.1 Å². The van der Waals surface area contributed by atoms with Crippen molar-refractivity contribution in [3.05, 3.63) is 64.1 Å². The van der Waals surface area contributed by atoms with Crippen molar-refractivity contribution in [2.24, 2.45) is 0 Å². The van der Waals surface area contributed by atoms with Gasteiger partial charge in [0.05, 0.1) is 4.47 Å². The van der Waals surface area contributed by atoms with Crippen LogP contribution in [0.2, 0.25) is 0 Å². The van der Waals surface area contributed by atoms with E-state index >= 15 is 0 Å². The molecule has 0 amide bonds. The summed E-state index contributed by atoms with van der Waals surface area (Å²) >= 11 is 3.21. The van der Waals surface area contributed by atoms with E-state index in [0.29, 0.717) is 4.47 Å². The Hall–Kier alpha value is -1.26. The largest absolute Gasteiger partial charge is 0.302 e. The quantitative estimate of drug-likeness (QED) is 0.835. The van der Waals surface area contributed by atoms with Crippen LogP contribution in [0.5, 0.6) is 0 Å². The van der Waals surface area contributed by atoms with Crippen LogP contribution >= 0.6 is 15.9 Å². The molecule has 0 fully saturated rings. The highest BCUT2D eigenvalue weighted by Gasteiger charge is 2.04. The molecule has 0 atom stereocenters. The lowest BCUT2D eigenvalue weighted by atomic mass is 10.2. The molecule has 0 N–H and O–H groups in total. The SMILES string of the molecule is CN(CCc1ccccn1)Cc1ccc(F)c(Br)c1. The minimum Gasteiger partial charge on any atom is -0.302 e. The molecule has 4 heteroatoms. The van der Waals surface area contributed by atoms with Gasteiger partial charge in [0, 0.05) is 31.4 Å². The fourth-order valence-corrected chi connectivity index (χ4v) is 2.31. The van der Waals surface area contributed by atoms with E-state index in [2.05, 4.69) is 32.9 Å². The Morgan fingerprint density at radius 1 is 1.26 bits per heavy atom. The van der Waals surface area contributed by atoms with Crippen LogP contribution in [0.3, 0.4) is 0 Å². The van der Waals surface area contributed by atoms with Crippen LogP contribution in [0.1, 0.15) is 11.3 Å². The fraction of sp³-hybridized carbons (Fsp3) is 0.267. The van der Waals surface area contributed by atoms with Crippen molar-refractivity contribution in [2.75, 3.05) is 13.6 Å². The van der Waals surface area contributed by atoms with Crippen molar-refractivity contribution in [3.63, 3.8) is 0 Å². The minimum atomic E-state index is -0.222. The molecule has 2 rings (SSSR count). The Morgan fingerprint density at radius 3 is 2.79 bits per heavy atom. The zero-order valence-electron chi connectivity index (χ0n) is 10.8. The number of pyridine rings is 1. The first-order valence-electron chi connectivity index (χ1n) is 6.17. The van der Waals surface area contributed by atoms with E-state index in [-0.39, 0.29) is 5.82 Å². The lowest BCUT2D eigenvalue weighted by Crippen LogP contribution is -2.21. The van der Waals surface area contributed by atoms with Crippen LogP contribution in [0.15, 0.2) is 47.1 Å². The van der Waals surface area contributed by atoms with Crippen LogP contribution in [-0.2, 0) is 13.0 Å².